The van der Waals surface area contributed by atoms with Gasteiger partial charge in [0.1, 0.15) is 16.8 Å². The van der Waals surface area contributed by atoms with Gasteiger partial charge in [0.15, 0.2) is 5.82 Å². The predicted molar refractivity (Wildman–Crippen MR) is 119 cm³/mol. The van der Waals surface area contributed by atoms with Crippen molar-refractivity contribution in [3.05, 3.63) is 64.6 Å². The van der Waals surface area contributed by atoms with E-state index >= 15 is 0 Å². The standard InChI is InChI=1S/C21H21ClFN3O6S/c22-14-3-1-13(2-4-14)11-25-21(29)17-12-24-19-16(20(17)28)9-15(10-18(19)23)33(30,31)26-5-7-32-8-6-27/h1-4,9-10,12,26-27H,5-8,11H2,(H,24,28)(H,25,29). The first-order valence-corrected chi connectivity index (χ1v) is 11.6. The number of halogens is 2. The van der Waals surface area contributed by atoms with E-state index in [0.29, 0.717) is 5.02 Å². The van der Waals surface area contributed by atoms with Crippen LogP contribution < -0.4 is 10.0 Å². The smallest absolute Gasteiger partial charge is 0.256 e. The molecule has 1 heterocycles. The van der Waals surface area contributed by atoms with Gasteiger partial charge in [0, 0.05) is 29.7 Å². The van der Waals surface area contributed by atoms with Crippen molar-refractivity contribution in [3.63, 3.8) is 0 Å². The van der Waals surface area contributed by atoms with Crippen LogP contribution in [-0.2, 0) is 21.3 Å². The van der Waals surface area contributed by atoms with Gasteiger partial charge < -0.3 is 20.3 Å². The Kier molecular flexibility index (Phi) is 8.16. The number of nitrogens with one attached hydrogen (secondary N) is 2. The lowest BCUT2D eigenvalue weighted by Crippen LogP contribution is -2.28. The lowest BCUT2D eigenvalue weighted by molar-refractivity contribution is 0.0948. The van der Waals surface area contributed by atoms with E-state index in [2.05, 4.69) is 15.0 Å². The SMILES string of the molecule is O=C(NCc1ccc(Cl)cc1)c1cnc2c(F)cc(S(=O)(=O)NCCOCCO)cc2c1O. The number of sulfonamides is 1. The van der Waals surface area contributed by atoms with Crippen LogP contribution in [0.1, 0.15) is 15.9 Å². The monoisotopic (exact) mass is 497 g/mol. The van der Waals surface area contributed by atoms with Crippen LogP contribution in [-0.4, -0.2) is 55.9 Å². The van der Waals surface area contributed by atoms with E-state index in [1.807, 2.05) is 0 Å². The summed E-state index contributed by atoms with van der Waals surface area (Å²) in [6, 6.07) is 8.57. The molecule has 1 amide bonds. The summed E-state index contributed by atoms with van der Waals surface area (Å²) in [6.45, 7) is -0.127. The number of carbonyl (C=O) groups excluding carboxylic acids is 1. The highest BCUT2D eigenvalue weighted by Gasteiger charge is 2.21. The number of aromatic hydroxyl groups is 1. The van der Waals surface area contributed by atoms with Crippen LogP contribution in [0.2, 0.25) is 5.02 Å². The van der Waals surface area contributed by atoms with E-state index in [0.717, 1.165) is 23.9 Å². The van der Waals surface area contributed by atoms with Gasteiger partial charge in [-0.25, -0.2) is 17.5 Å². The van der Waals surface area contributed by atoms with Crippen LogP contribution in [0, 0.1) is 5.82 Å². The Morgan fingerprint density at radius 2 is 1.91 bits per heavy atom. The second-order valence-corrected chi connectivity index (χ2v) is 9.07. The van der Waals surface area contributed by atoms with Crippen LogP contribution in [0.15, 0.2) is 47.5 Å². The average molecular weight is 498 g/mol. The number of fused-ring (bicyclic) bond motifs is 1. The molecule has 2 aromatic carbocycles. The molecule has 0 radical (unpaired) electrons. The number of aliphatic hydroxyl groups excluding tert-OH is 1. The summed E-state index contributed by atoms with van der Waals surface area (Å²) >= 11 is 5.83. The van der Waals surface area contributed by atoms with Gasteiger partial charge in [-0.15, -0.1) is 0 Å². The minimum absolute atomic E-state index is 0.000593. The Morgan fingerprint density at radius 3 is 2.61 bits per heavy atom. The van der Waals surface area contributed by atoms with Crippen molar-refractivity contribution in [3.8, 4) is 5.75 Å². The minimum Gasteiger partial charge on any atom is -0.506 e. The molecule has 1 aromatic heterocycles. The zero-order valence-electron chi connectivity index (χ0n) is 17.2. The highest BCUT2D eigenvalue weighted by molar-refractivity contribution is 7.89. The van der Waals surface area contributed by atoms with E-state index in [4.69, 9.17) is 21.4 Å². The van der Waals surface area contributed by atoms with Crippen LogP contribution >= 0.6 is 11.6 Å². The van der Waals surface area contributed by atoms with Gasteiger partial charge in [0.25, 0.3) is 5.91 Å². The largest absolute Gasteiger partial charge is 0.506 e. The van der Waals surface area contributed by atoms with E-state index in [-0.39, 0.29) is 49.4 Å². The lowest BCUT2D eigenvalue weighted by atomic mass is 10.1. The zero-order chi connectivity index (χ0) is 24.0. The molecule has 4 N–H and O–H groups in total. The molecular formula is C21H21ClFN3O6S. The summed E-state index contributed by atoms with van der Waals surface area (Å²) in [6.07, 6.45) is 1.02. The maximum atomic E-state index is 14.6. The molecule has 0 atom stereocenters. The van der Waals surface area contributed by atoms with E-state index < -0.39 is 32.4 Å². The molecular weight excluding hydrogens is 477 g/mol. The fraction of sp³-hybridized carbons (Fsp3) is 0.238. The zero-order valence-corrected chi connectivity index (χ0v) is 18.8. The van der Waals surface area contributed by atoms with Gasteiger partial charge in [0.05, 0.1) is 24.7 Å². The second kappa shape index (κ2) is 10.9. The fourth-order valence-electron chi connectivity index (χ4n) is 2.92. The van der Waals surface area contributed by atoms with Gasteiger partial charge in [0.2, 0.25) is 10.0 Å². The van der Waals surface area contributed by atoms with Crippen molar-refractivity contribution in [1.29, 1.82) is 0 Å². The Labute approximate surface area is 194 Å². The molecule has 0 fully saturated rings. The predicted octanol–water partition coefficient (Wildman–Crippen LogP) is 1.95. The van der Waals surface area contributed by atoms with Gasteiger partial charge >= 0.3 is 0 Å². The normalized spacial score (nSPS) is 11.6. The van der Waals surface area contributed by atoms with E-state index in [9.17, 15) is 22.7 Å². The Bertz CT molecular complexity index is 1260. The number of ether oxygens (including phenoxy) is 1. The lowest BCUT2D eigenvalue weighted by Gasteiger charge is -2.12. The molecule has 176 valence electrons. The second-order valence-electron chi connectivity index (χ2n) is 6.86. The third-order valence-corrected chi connectivity index (χ3v) is 6.26. The molecule has 0 saturated carbocycles. The van der Waals surface area contributed by atoms with Crippen LogP contribution in [0.4, 0.5) is 4.39 Å². The summed E-state index contributed by atoms with van der Waals surface area (Å²) < 4.78 is 46.8. The Balaban J connectivity index is 1.83. The molecule has 12 heteroatoms. The van der Waals surface area contributed by atoms with Crippen molar-refractivity contribution in [2.75, 3.05) is 26.4 Å². The van der Waals surface area contributed by atoms with Crippen molar-refractivity contribution in [1.82, 2.24) is 15.0 Å². The van der Waals surface area contributed by atoms with E-state index in [1.54, 1.807) is 24.3 Å². The van der Waals surface area contributed by atoms with Crippen LogP contribution in [0.5, 0.6) is 5.75 Å². The van der Waals surface area contributed by atoms with E-state index in [1.165, 1.54) is 0 Å². The van der Waals surface area contributed by atoms with Crippen LogP contribution in [0.3, 0.4) is 0 Å². The van der Waals surface area contributed by atoms with Gasteiger partial charge in [-0.3, -0.25) is 9.78 Å². The minimum atomic E-state index is -4.14. The Morgan fingerprint density at radius 1 is 1.18 bits per heavy atom. The molecule has 0 aliphatic carbocycles. The quantitative estimate of drug-likeness (QED) is 0.314. The third kappa shape index (κ3) is 6.15. The number of hydrogen-bond donors (Lipinski definition) is 4. The fourth-order valence-corrected chi connectivity index (χ4v) is 4.10. The number of hydrogen-bond acceptors (Lipinski definition) is 7. The van der Waals surface area contributed by atoms with Crippen LogP contribution in [0.25, 0.3) is 10.9 Å². The molecule has 0 bridgehead atoms. The summed E-state index contributed by atoms with van der Waals surface area (Å²) in [5, 5.41) is 22.2. The summed E-state index contributed by atoms with van der Waals surface area (Å²) in [4.78, 5) is 16.0. The topological polar surface area (TPSA) is 138 Å². The molecule has 0 aliphatic heterocycles. The molecule has 0 saturated heterocycles. The highest BCUT2D eigenvalue weighted by Crippen LogP contribution is 2.31. The number of amides is 1. The highest BCUT2D eigenvalue weighted by atomic mass is 35.5. The van der Waals surface area contributed by atoms with Crippen molar-refractivity contribution < 1.29 is 32.6 Å². The molecule has 0 aliphatic rings. The number of pyridine rings is 1. The number of aliphatic hydroxyl groups is 1. The summed E-state index contributed by atoms with van der Waals surface area (Å²) in [7, 11) is -4.14. The molecule has 3 rings (SSSR count). The van der Waals surface area contributed by atoms with Gasteiger partial charge in [-0.2, -0.15) is 0 Å². The molecule has 9 nitrogen and oxygen atoms in total. The van der Waals surface area contributed by atoms with Gasteiger partial charge in [-0.1, -0.05) is 23.7 Å². The first kappa shape index (κ1) is 24.8. The van der Waals surface area contributed by atoms with Crippen molar-refractivity contribution in [2.24, 2.45) is 0 Å². The molecule has 33 heavy (non-hydrogen) atoms. The maximum absolute atomic E-state index is 14.6. The number of nitrogens with zero attached hydrogens (tertiary/aromatic N) is 1. The molecule has 3 aromatic rings. The van der Waals surface area contributed by atoms with Crippen molar-refractivity contribution in [2.45, 2.75) is 11.4 Å². The maximum Gasteiger partial charge on any atom is 0.256 e. The number of benzene rings is 2. The Hall–Kier alpha value is -2.83. The molecule has 0 spiro atoms. The summed E-state index contributed by atoms with van der Waals surface area (Å²) in [5.41, 5.74) is 0.234. The first-order valence-electron chi connectivity index (χ1n) is 9.75. The van der Waals surface area contributed by atoms with Gasteiger partial charge in [-0.05, 0) is 29.8 Å². The first-order chi connectivity index (χ1) is 15.7. The molecule has 0 unspecified atom stereocenters. The third-order valence-electron chi connectivity index (χ3n) is 4.57. The number of carbonyl (C=O) groups is 1. The summed E-state index contributed by atoms with van der Waals surface area (Å²) in [5.74, 6) is -2.26. The number of aromatic nitrogens is 1. The number of rotatable bonds is 10. The average Bonchev–Trinajstić information content (AvgIpc) is 2.79. The van der Waals surface area contributed by atoms with Crippen molar-refractivity contribution >= 4 is 38.4 Å².